The Morgan fingerprint density at radius 1 is 1.13 bits per heavy atom. The molecule has 1 unspecified atom stereocenters. The number of rotatable bonds is 7. The van der Waals surface area contributed by atoms with Crippen LogP contribution in [-0.4, -0.2) is 29.7 Å². The molecule has 4 N–H and O–H groups in total. The van der Waals surface area contributed by atoms with Crippen molar-refractivity contribution >= 4 is 16.6 Å². The van der Waals surface area contributed by atoms with E-state index in [9.17, 15) is 0 Å². The van der Waals surface area contributed by atoms with E-state index < -0.39 is 16.6 Å². The average molecular weight is 249 g/mol. The fourth-order valence-electron chi connectivity index (χ4n) is 1.68. The lowest BCUT2D eigenvalue weighted by Crippen LogP contribution is -2.48. The molecule has 0 aromatic heterocycles. The molecular formula is C10H28N2OSi2. The van der Waals surface area contributed by atoms with E-state index in [0.717, 1.165) is 25.6 Å². The Bertz CT molecular complexity index is 186. The molecule has 1 atom stereocenters. The molecule has 0 aromatic rings. The maximum atomic E-state index is 6.42. The monoisotopic (exact) mass is 248 g/mol. The van der Waals surface area contributed by atoms with Crippen molar-refractivity contribution in [3.05, 3.63) is 0 Å². The summed E-state index contributed by atoms with van der Waals surface area (Å²) >= 11 is 0. The fourth-order valence-corrected chi connectivity index (χ4v) is 10.2. The highest BCUT2D eigenvalue weighted by Gasteiger charge is 2.36. The van der Waals surface area contributed by atoms with E-state index >= 15 is 0 Å². The minimum Gasteiger partial charge on any atom is -0.455 e. The molecule has 0 heterocycles. The van der Waals surface area contributed by atoms with Crippen molar-refractivity contribution < 1.29 is 4.12 Å². The van der Waals surface area contributed by atoms with Crippen molar-refractivity contribution in [1.29, 1.82) is 0 Å². The van der Waals surface area contributed by atoms with E-state index in [1.54, 1.807) is 0 Å². The summed E-state index contributed by atoms with van der Waals surface area (Å²) in [4.78, 5) is 0. The maximum Gasteiger partial charge on any atom is 0.177 e. The van der Waals surface area contributed by atoms with Gasteiger partial charge in [0.15, 0.2) is 16.6 Å². The first-order chi connectivity index (χ1) is 6.75. The predicted molar refractivity (Wildman–Crippen MR) is 73.0 cm³/mol. The van der Waals surface area contributed by atoms with Gasteiger partial charge in [-0.2, -0.15) is 0 Å². The Morgan fingerprint density at radius 2 is 1.67 bits per heavy atom. The third-order valence-electron chi connectivity index (χ3n) is 3.06. The first-order valence-corrected chi connectivity index (χ1v) is 12.0. The SMILES string of the molecule is CC(CN)[Si](C)(C)O[Si](C)(C)CCCN. The number of hydrogen-bond acceptors (Lipinski definition) is 3. The van der Waals surface area contributed by atoms with Crippen LogP contribution >= 0.6 is 0 Å². The maximum absolute atomic E-state index is 6.42. The van der Waals surface area contributed by atoms with Crippen molar-refractivity contribution in [3.63, 3.8) is 0 Å². The predicted octanol–water partition coefficient (Wildman–Crippen LogP) is 2.11. The molecule has 0 aliphatic rings. The van der Waals surface area contributed by atoms with Gasteiger partial charge in [0.25, 0.3) is 0 Å². The molecule has 0 amide bonds. The number of hydrogen-bond donors (Lipinski definition) is 2. The van der Waals surface area contributed by atoms with Crippen molar-refractivity contribution in [2.45, 2.75) is 51.1 Å². The summed E-state index contributed by atoms with van der Waals surface area (Å²) < 4.78 is 6.42. The van der Waals surface area contributed by atoms with E-state index in [1.165, 1.54) is 0 Å². The lowest BCUT2D eigenvalue weighted by molar-refractivity contribution is 0.516. The molecule has 0 fully saturated rings. The van der Waals surface area contributed by atoms with E-state index in [1.807, 2.05) is 0 Å². The van der Waals surface area contributed by atoms with Crippen LogP contribution < -0.4 is 11.5 Å². The lowest BCUT2D eigenvalue weighted by atomic mass is 10.5. The van der Waals surface area contributed by atoms with Crippen molar-refractivity contribution in [1.82, 2.24) is 0 Å². The van der Waals surface area contributed by atoms with E-state index in [2.05, 4.69) is 33.1 Å². The van der Waals surface area contributed by atoms with Gasteiger partial charge in [-0.25, -0.2) is 0 Å². The normalized spacial score (nSPS) is 15.4. The molecule has 92 valence electrons. The molecule has 15 heavy (non-hydrogen) atoms. The summed E-state index contributed by atoms with van der Waals surface area (Å²) in [5, 5.41) is 0. The zero-order valence-electron chi connectivity index (χ0n) is 11.0. The molecular weight excluding hydrogens is 220 g/mol. The van der Waals surface area contributed by atoms with Crippen LogP contribution in [0.2, 0.25) is 37.8 Å². The van der Waals surface area contributed by atoms with Gasteiger partial charge < -0.3 is 15.6 Å². The Balaban J connectivity index is 4.29. The summed E-state index contributed by atoms with van der Waals surface area (Å²) in [7, 11) is -3.11. The molecule has 0 aliphatic carbocycles. The first-order valence-electron chi connectivity index (χ1n) is 5.85. The minimum absolute atomic E-state index is 0.530. The zero-order valence-corrected chi connectivity index (χ0v) is 13.0. The second-order valence-electron chi connectivity index (χ2n) is 5.49. The highest BCUT2D eigenvalue weighted by Crippen LogP contribution is 2.27. The van der Waals surface area contributed by atoms with Gasteiger partial charge in [0.05, 0.1) is 0 Å². The summed E-state index contributed by atoms with van der Waals surface area (Å²) in [5.41, 5.74) is 11.8. The highest BCUT2D eigenvalue weighted by molar-refractivity contribution is 6.85. The van der Waals surface area contributed by atoms with Crippen molar-refractivity contribution in [3.8, 4) is 0 Å². The first kappa shape index (κ1) is 15.3. The average Bonchev–Trinajstić information content (AvgIpc) is 2.11. The third-order valence-corrected chi connectivity index (χ3v) is 11.5. The quantitative estimate of drug-likeness (QED) is 0.678. The molecule has 0 saturated carbocycles. The van der Waals surface area contributed by atoms with Crippen LogP contribution in [0.1, 0.15) is 13.3 Å². The molecule has 3 nitrogen and oxygen atoms in total. The van der Waals surface area contributed by atoms with Gasteiger partial charge in [-0.3, -0.25) is 0 Å². The Morgan fingerprint density at radius 3 is 2.07 bits per heavy atom. The molecule has 0 bridgehead atoms. The highest BCUT2D eigenvalue weighted by atomic mass is 28.4. The van der Waals surface area contributed by atoms with E-state index in [0.29, 0.717) is 5.54 Å². The van der Waals surface area contributed by atoms with Crippen molar-refractivity contribution in [2.24, 2.45) is 11.5 Å². The standard InChI is InChI=1S/C10H28N2OSi2/c1-10(9-12)15(4,5)13-14(2,3)8-6-7-11/h10H,6-9,11-12H2,1-5H3. The summed E-state index contributed by atoms with van der Waals surface area (Å²) in [6, 6.07) is 1.16. The minimum atomic E-state index is -1.60. The molecule has 5 heteroatoms. The van der Waals surface area contributed by atoms with Gasteiger partial charge >= 0.3 is 0 Å². The van der Waals surface area contributed by atoms with Gasteiger partial charge in [-0.1, -0.05) is 6.92 Å². The fraction of sp³-hybridized carbons (Fsp3) is 1.00. The van der Waals surface area contributed by atoms with Crippen LogP contribution in [0.4, 0.5) is 0 Å². The van der Waals surface area contributed by atoms with Gasteiger partial charge in [0.1, 0.15) is 0 Å². The Hall–Kier alpha value is 0.314. The van der Waals surface area contributed by atoms with Crippen LogP contribution in [0, 0.1) is 0 Å². The van der Waals surface area contributed by atoms with E-state index in [4.69, 9.17) is 15.6 Å². The van der Waals surface area contributed by atoms with Crippen LogP contribution in [0.15, 0.2) is 0 Å². The van der Waals surface area contributed by atoms with E-state index in [-0.39, 0.29) is 0 Å². The van der Waals surface area contributed by atoms with Gasteiger partial charge in [0.2, 0.25) is 0 Å². The molecule has 0 rings (SSSR count). The van der Waals surface area contributed by atoms with Gasteiger partial charge in [0, 0.05) is 0 Å². The molecule has 0 aliphatic heterocycles. The summed E-state index contributed by atoms with van der Waals surface area (Å²) in [5.74, 6) is 0. The third kappa shape index (κ3) is 5.82. The Labute approximate surface area is 96.8 Å². The zero-order chi connectivity index (χ0) is 12.1. The van der Waals surface area contributed by atoms with Crippen molar-refractivity contribution in [2.75, 3.05) is 13.1 Å². The molecule has 0 spiro atoms. The number of nitrogens with two attached hydrogens (primary N) is 2. The largest absolute Gasteiger partial charge is 0.455 e. The second kappa shape index (κ2) is 6.15. The van der Waals surface area contributed by atoms with Gasteiger partial charge in [-0.15, -0.1) is 0 Å². The van der Waals surface area contributed by atoms with Crippen LogP contribution in [-0.2, 0) is 4.12 Å². The second-order valence-corrected chi connectivity index (χ2v) is 14.5. The molecule has 0 saturated heterocycles. The Kier molecular flexibility index (Phi) is 6.28. The van der Waals surface area contributed by atoms with Crippen LogP contribution in [0.5, 0.6) is 0 Å². The van der Waals surface area contributed by atoms with Gasteiger partial charge in [-0.05, 0) is 57.3 Å². The smallest absolute Gasteiger partial charge is 0.177 e. The topological polar surface area (TPSA) is 61.3 Å². The summed E-state index contributed by atoms with van der Waals surface area (Å²) in [6.45, 7) is 12.9. The molecule has 0 aromatic carbocycles. The lowest BCUT2D eigenvalue weighted by Gasteiger charge is -2.37. The van der Waals surface area contributed by atoms with Crippen LogP contribution in [0.3, 0.4) is 0 Å². The van der Waals surface area contributed by atoms with Crippen LogP contribution in [0.25, 0.3) is 0 Å². The molecule has 0 radical (unpaired) electrons. The summed E-state index contributed by atoms with van der Waals surface area (Å²) in [6.07, 6.45) is 1.08.